The maximum atomic E-state index is 14.4. The first-order valence-electron chi connectivity index (χ1n) is 5.83. The first kappa shape index (κ1) is 9.61. The normalized spacial score (nSPS) is 51.9. The van der Waals surface area contributed by atoms with Gasteiger partial charge in [-0.2, -0.15) is 0 Å². The zero-order chi connectivity index (χ0) is 10.7. The minimum Gasteiger partial charge on any atom is -0.469 e. The third-order valence-electron chi connectivity index (χ3n) is 4.61. The molecule has 4 fully saturated rings. The number of carbonyl (C=O) groups excluding carboxylic acids is 1. The van der Waals surface area contributed by atoms with Gasteiger partial charge in [-0.25, -0.2) is 4.39 Å². The van der Waals surface area contributed by atoms with Crippen LogP contribution in [0.4, 0.5) is 4.39 Å². The molecule has 0 aliphatic heterocycles. The summed E-state index contributed by atoms with van der Waals surface area (Å²) >= 11 is 0. The van der Waals surface area contributed by atoms with Gasteiger partial charge in [-0.15, -0.1) is 0 Å². The number of hydrogen-bond donors (Lipinski definition) is 0. The molecule has 4 aliphatic rings. The van der Waals surface area contributed by atoms with Crippen LogP contribution in [0, 0.1) is 17.3 Å². The van der Waals surface area contributed by atoms with Gasteiger partial charge in [0.2, 0.25) is 0 Å². The highest BCUT2D eigenvalue weighted by Crippen LogP contribution is 2.63. The lowest BCUT2D eigenvalue weighted by Crippen LogP contribution is -2.56. The van der Waals surface area contributed by atoms with Gasteiger partial charge in [0.1, 0.15) is 5.67 Å². The van der Waals surface area contributed by atoms with Crippen molar-refractivity contribution in [1.29, 1.82) is 0 Å². The number of alkyl halides is 1. The molecule has 4 bridgehead atoms. The molecule has 4 saturated carbocycles. The van der Waals surface area contributed by atoms with Gasteiger partial charge < -0.3 is 4.74 Å². The fraction of sp³-hybridized carbons (Fsp3) is 0.917. The Kier molecular flexibility index (Phi) is 1.76. The summed E-state index contributed by atoms with van der Waals surface area (Å²) in [4.78, 5) is 11.8. The van der Waals surface area contributed by atoms with Gasteiger partial charge in [0.25, 0.3) is 0 Å². The van der Waals surface area contributed by atoms with Gasteiger partial charge in [-0.05, 0) is 50.4 Å². The average Bonchev–Trinajstić information content (AvgIpc) is 2.12. The van der Waals surface area contributed by atoms with Crippen LogP contribution in [0.3, 0.4) is 0 Å². The van der Waals surface area contributed by atoms with Crippen molar-refractivity contribution in [3.05, 3.63) is 0 Å². The van der Waals surface area contributed by atoms with Gasteiger partial charge in [-0.1, -0.05) is 0 Å². The summed E-state index contributed by atoms with van der Waals surface area (Å²) in [7, 11) is 1.42. The molecule has 0 saturated heterocycles. The van der Waals surface area contributed by atoms with E-state index in [9.17, 15) is 9.18 Å². The molecule has 0 amide bonds. The summed E-state index contributed by atoms with van der Waals surface area (Å²) in [6.07, 6.45) is 4.64. The van der Waals surface area contributed by atoms with Crippen molar-refractivity contribution in [3.63, 3.8) is 0 Å². The van der Waals surface area contributed by atoms with E-state index in [1.54, 1.807) is 0 Å². The minimum absolute atomic E-state index is 0.168. The van der Waals surface area contributed by atoms with E-state index in [0.717, 1.165) is 19.3 Å². The lowest BCUT2D eigenvalue weighted by Gasteiger charge is -2.57. The number of hydrogen-bond acceptors (Lipinski definition) is 2. The molecular formula is C12H17FO2. The van der Waals surface area contributed by atoms with E-state index in [2.05, 4.69) is 0 Å². The van der Waals surface area contributed by atoms with Gasteiger partial charge in [0.05, 0.1) is 12.5 Å². The zero-order valence-corrected chi connectivity index (χ0v) is 9.09. The monoisotopic (exact) mass is 212 g/mol. The first-order chi connectivity index (χ1) is 7.05. The third kappa shape index (κ3) is 1.25. The van der Waals surface area contributed by atoms with E-state index in [0.29, 0.717) is 31.1 Å². The largest absolute Gasteiger partial charge is 0.469 e. The number of carbonyl (C=O) groups is 1. The van der Waals surface area contributed by atoms with Crippen molar-refractivity contribution in [1.82, 2.24) is 0 Å². The number of esters is 1. The van der Waals surface area contributed by atoms with Crippen molar-refractivity contribution < 1.29 is 13.9 Å². The fourth-order valence-corrected chi connectivity index (χ4v) is 4.61. The number of rotatable bonds is 1. The predicted molar refractivity (Wildman–Crippen MR) is 53.0 cm³/mol. The van der Waals surface area contributed by atoms with Crippen molar-refractivity contribution >= 4 is 5.97 Å². The molecule has 0 unspecified atom stereocenters. The van der Waals surface area contributed by atoms with Crippen LogP contribution in [0.15, 0.2) is 0 Å². The maximum absolute atomic E-state index is 14.4. The average molecular weight is 212 g/mol. The highest BCUT2D eigenvalue weighted by atomic mass is 19.1. The molecule has 84 valence electrons. The molecule has 0 radical (unpaired) electrons. The van der Waals surface area contributed by atoms with Crippen LogP contribution in [0.25, 0.3) is 0 Å². The Labute approximate surface area is 89.2 Å². The summed E-state index contributed by atoms with van der Waals surface area (Å²) in [5.41, 5.74) is -1.52. The maximum Gasteiger partial charge on any atom is 0.311 e. The molecular weight excluding hydrogens is 195 g/mol. The summed E-state index contributed by atoms with van der Waals surface area (Å²) < 4.78 is 19.3. The molecule has 0 N–H and O–H groups in total. The van der Waals surface area contributed by atoms with Gasteiger partial charge in [0, 0.05) is 0 Å². The van der Waals surface area contributed by atoms with Gasteiger partial charge in [0.15, 0.2) is 0 Å². The number of halogens is 1. The summed E-state index contributed by atoms with van der Waals surface area (Å²) in [5, 5.41) is 0. The molecule has 4 aliphatic carbocycles. The standard InChI is InChI=1S/C12H17FO2/c1-15-10(14)11-3-8-2-9(4-11)6-12(13,5-8)7-11/h8-9H,2-7H2,1H3/t8-,9-,11?,12?/m1/s1. The molecule has 0 spiro atoms. The second-order valence-corrected chi connectivity index (χ2v) is 5.88. The van der Waals surface area contributed by atoms with E-state index < -0.39 is 11.1 Å². The zero-order valence-electron chi connectivity index (χ0n) is 9.09. The predicted octanol–water partition coefficient (Wildman–Crippen LogP) is 2.47. The lowest BCUT2D eigenvalue weighted by molar-refractivity contribution is -0.180. The van der Waals surface area contributed by atoms with E-state index in [1.165, 1.54) is 7.11 Å². The second kappa shape index (κ2) is 2.74. The Morgan fingerprint density at radius 3 is 2.33 bits per heavy atom. The lowest BCUT2D eigenvalue weighted by atomic mass is 9.48. The molecule has 15 heavy (non-hydrogen) atoms. The van der Waals surface area contributed by atoms with Crippen LogP contribution in [-0.4, -0.2) is 18.7 Å². The summed E-state index contributed by atoms with van der Waals surface area (Å²) in [6.45, 7) is 0. The van der Waals surface area contributed by atoms with Crippen LogP contribution in [0.1, 0.15) is 38.5 Å². The highest BCUT2D eigenvalue weighted by molar-refractivity contribution is 5.77. The van der Waals surface area contributed by atoms with Crippen LogP contribution in [0.5, 0.6) is 0 Å². The Bertz CT molecular complexity index is 299. The molecule has 0 aromatic heterocycles. The van der Waals surface area contributed by atoms with Crippen LogP contribution >= 0.6 is 0 Å². The Hall–Kier alpha value is -0.600. The first-order valence-corrected chi connectivity index (χ1v) is 5.83. The van der Waals surface area contributed by atoms with Crippen LogP contribution in [-0.2, 0) is 9.53 Å². The number of methoxy groups -OCH3 is 1. The van der Waals surface area contributed by atoms with Crippen molar-refractivity contribution in [2.45, 2.75) is 44.2 Å². The molecule has 2 atom stereocenters. The van der Waals surface area contributed by atoms with Crippen LogP contribution < -0.4 is 0 Å². The topological polar surface area (TPSA) is 26.3 Å². The molecule has 2 nitrogen and oxygen atoms in total. The van der Waals surface area contributed by atoms with Crippen molar-refractivity contribution in [3.8, 4) is 0 Å². The van der Waals surface area contributed by atoms with Gasteiger partial charge >= 0.3 is 5.97 Å². The Balaban J connectivity index is 1.96. The fourth-order valence-electron chi connectivity index (χ4n) is 4.61. The SMILES string of the molecule is COC(=O)C12C[C@H]3C[C@@H](CC(F)(C3)C1)C2. The quantitative estimate of drug-likeness (QED) is 0.624. The van der Waals surface area contributed by atoms with Crippen molar-refractivity contribution in [2.75, 3.05) is 7.11 Å². The molecule has 4 rings (SSSR count). The van der Waals surface area contributed by atoms with Gasteiger partial charge in [-0.3, -0.25) is 4.79 Å². The molecule has 0 aromatic carbocycles. The summed E-state index contributed by atoms with van der Waals surface area (Å²) in [5.74, 6) is 0.685. The third-order valence-corrected chi connectivity index (χ3v) is 4.61. The number of ether oxygens (including phenoxy) is 1. The highest BCUT2D eigenvalue weighted by Gasteiger charge is 2.61. The van der Waals surface area contributed by atoms with Crippen molar-refractivity contribution in [2.24, 2.45) is 17.3 Å². The molecule has 0 heterocycles. The molecule has 0 aromatic rings. The minimum atomic E-state index is -1.06. The molecule has 3 heteroatoms. The Morgan fingerprint density at radius 2 is 1.87 bits per heavy atom. The van der Waals surface area contributed by atoms with Crippen LogP contribution in [0.2, 0.25) is 0 Å². The second-order valence-electron chi connectivity index (χ2n) is 5.88. The van der Waals surface area contributed by atoms with E-state index >= 15 is 0 Å². The van der Waals surface area contributed by atoms with E-state index in [1.807, 2.05) is 0 Å². The Morgan fingerprint density at radius 1 is 1.27 bits per heavy atom. The van der Waals surface area contributed by atoms with E-state index in [4.69, 9.17) is 4.74 Å². The smallest absolute Gasteiger partial charge is 0.311 e. The summed E-state index contributed by atoms with van der Waals surface area (Å²) in [6, 6.07) is 0. The van der Waals surface area contributed by atoms with E-state index in [-0.39, 0.29) is 5.97 Å².